The van der Waals surface area contributed by atoms with Crippen LogP contribution in [-0.2, 0) is 25.5 Å². The van der Waals surface area contributed by atoms with Gasteiger partial charge >= 0.3 is 5.97 Å². The molecule has 0 unspecified atom stereocenters. The van der Waals surface area contributed by atoms with Crippen molar-refractivity contribution in [3.05, 3.63) is 57.6 Å². The van der Waals surface area contributed by atoms with E-state index in [0.29, 0.717) is 5.69 Å². The van der Waals surface area contributed by atoms with Crippen molar-refractivity contribution in [2.75, 3.05) is 17.2 Å². The van der Waals surface area contributed by atoms with Gasteiger partial charge in [0, 0.05) is 22.3 Å². The molecule has 2 aromatic rings. The number of halogens is 1. The van der Waals surface area contributed by atoms with Gasteiger partial charge in [-0.05, 0) is 55.7 Å². The molecule has 154 valence electrons. The monoisotopic (exact) mass is 460 g/mol. The molecule has 0 heterocycles. The van der Waals surface area contributed by atoms with E-state index in [-0.39, 0.29) is 18.7 Å². The quantitative estimate of drug-likeness (QED) is 0.566. The van der Waals surface area contributed by atoms with E-state index in [1.54, 1.807) is 6.07 Å². The summed E-state index contributed by atoms with van der Waals surface area (Å²) in [5, 5.41) is 5.51. The molecule has 0 bridgehead atoms. The topological polar surface area (TPSA) is 84.5 Å². The van der Waals surface area contributed by atoms with E-state index in [1.165, 1.54) is 0 Å². The molecular formula is C22H25BrN2O4. The molecule has 0 radical (unpaired) electrons. The predicted molar refractivity (Wildman–Crippen MR) is 117 cm³/mol. The van der Waals surface area contributed by atoms with Gasteiger partial charge in [0.2, 0.25) is 5.91 Å². The third kappa shape index (κ3) is 7.34. The molecule has 0 saturated heterocycles. The van der Waals surface area contributed by atoms with Crippen molar-refractivity contribution in [1.82, 2.24) is 0 Å². The molecule has 2 N–H and O–H groups in total. The van der Waals surface area contributed by atoms with Crippen molar-refractivity contribution in [2.45, 2.75) is 40.0 Å². The number of aryl methyl sites for hydroxylation is 3. The fraction of sp³-hybridized carbons (Fsp3) is 0.318. The lowest BCUT2D eigenvalue weighted by Crippen LogP contribution is -2.22. The molecule has 2 aromatic carbocycles. The second kappa shape index (κ2) is 10.8. The van der Waals surface area contributed by atoms with Crippen LogP contribution in [-0.4, -0.2) is 24.4 Å². The van der Waals surface area contributed by atoms with Gasteiger partial charge in [-0.15, -0.1) is 0 Å². The zero-order valence-corrected chi connectivity index (χ0v) is 18.4. The predicted octanol–water partition coefficient (Wildman–Crippen LogP) is 4.53. The summed E-state index contributed by atoms with van der Waals surface area (Å²) in [7, 11) is 0. The van der Waals surface area contributed by atoms with Gasteiger partial charge in [-0.3, -0.25) is 14.4 Å². The summed E-state index contributed by atoms with van der Waals surface area (Å²) < 4.78 is 5.90. The molecule has 6 nitrogen and oxygen atoms in total. The van der Waals surface area contributed by atoms with Crippen LogP contribution < -0.4 is 10.6 Å². The fourth-order valence-electron chi connectivity index (χ4n) is 2.76. The second-order valence-corrected chi connectivity index (χ2v) is 7.65. The summed E-state index contributed by atoms with van der Waals surface area (Å²) in [6.07, 6.45) is 0.646. The van der Waals surface area contributed by atoms with Crippen LogP contribution in [0.15, 0.2) is 40.9 Å². The van der Waals surface area contributed by atoms with Gasteiger partial charge in [-0.2, -0.15) is 0 Å². The summed E-state index contributed by atoms with van der Waals surface area (Å²) in [6.45, 7) is 5.48. The van der Waals surface area contributed by atoms with E-state index < -0.39 is 18.5 Å². The number of rotatable bonds is 8. The Balaban J connectivity index is 1.75. The Labute approximate surface area is 179 Å². The van der Waals surface area contributed by atoms with Crippen LogP contribution in [0.25, 0.3) is 0 Å². The molecule has 2 rings (SSSR count). The number of ether oxygens (including phenoxy) is 1. The first-order chi connectivity index (χ1) is 13.8. The molecule has 7 heteroatoms. The molecule has 0 saturated carbocycles. The minimum atomic E-state index is -0.595. The van der Waals surface area contributed by atoms with Gasteiger partial charge < -0.3 is 15.4 Å². The van der Waals surface area contributed by atoms with Gasteiger partial charge in [-0.1, -0.05) is 40.5 Å². The number of anilines is 2. The maximum Gasteiger partial charge on any atom is 0.306 e. The lowest BCUT2D eigenvalue weighted by atomic mass is 10.1. The molecule has 29 heavy (non-hydrogen) atoms. The molecule has 2 amide bonds. The largest absolute Gasteiger partial charge is 0.456 e. The van der Waals surface area contributed by atoms with Gasteiger partial charge in [0.1, 0.15) is 0 Å². The number of amides is 2. The number of hydrogen-bond acceptors (Lipinski definition) is 4. The lowest BCUT2D eigenvalue weighted by Gasteiger charge is -2.11. The summed E-state index contributed by atoms with van der Waals surface area (Å²) >= 11 is 3.40. The molecule has 0 spiro atoms. The highest BCUT2D eigenvalue weighted by molar-refractivity contribution is 9.10. The lowest BCUT2D eigenvalue weighted by molar-refractivity contribution is -0.147. The number of benzene rings is 2. The highest BCUT2D eigenvalue weighted by Gasteiger charge is 2.12. The molecule has 0 aliphatic rings. The van der Waals surface area contributed by atoms with E-state index in [9.17, 15) is 14.4 Å². The SMILES string of the molecule is CCc1cc(Br)ccc1NC(=O)COC(=O)CCC(=O)Nc1ccc(C)cc1C. The maximum atomic E-state index is 12.0. The number of carbonyl (C=O) groups is 3. The van der Waals surface area contributed by atoms with Gasteiger partial charge in [0.15, 0.2) is 6.61 Å². The Hall–Kier alpha value is -2.67. The summed E-state index contributed by atoms with van der Waals surface area (Å²) in [4.78, 5) is 35.9. The first-order valence-electron chi connectivity index (χ1n) is 9.39. The smallest absolute Gasteiger partial charge is 0.306 e. The number of nitrogens with one attached hydrogen (secondary N) is 2. The minimum absolute atomic E-state index is 0.0134. The molecule has 0 atom stereocenters. The van der Waals surface area contributed by atoms with E-state index in [1.807, 2.05) is 51.1 Å². The average Bonchev–Trinajstić information content (AvgIpc) is 2.68. The zero-order chi connectivity index (χ0) is 21.4. The summed E-state index contributed by atoms with van der Waals surface area (Å²) in [6, 6.07) is 11.3. The Morgan fingerprint density at radius 1 is 0.931 bits per heavy atom. The molecular weight excluding hydrogens is 436 g/mol. The number of hydrogen-bond donors (Lipinski definition) is 2. The number of esters is 1. The fourth-order valence-corrected chi connectivity index (χ4v) is 3.17. The van der Waals surface area contributed by atoms with Crippen LogP contribution in [0.1, 0.15) is 36.5 Å². The second-order valence-electron chi connectivity index (χ2n) is 6.73. The van der Waals surface area contributed by atoms with Crippen LogP contribution in [0.5, 0.6) is 0 Å². The van der Waals surface area contributed by atoms with Crippen molar-refractivity contribution in [2.24, 2.45) is 0 Å². The normalized spacial score (nSPS) is 10.3. The van der Waals surface area contributed by atoms with Crippen LogP contribution >= 0.6 is 15.9 Å². The molecule has 0 aliphatic carbocycles. The van der Waals surface area contributed by atoms with Crippen LogP contribution in [0.3, 0.4) is 0 Å². The first-order valence-corrected chi connectivity index (χ1v) is 10.2. The minimum Gasteiger partial charge on any atom is -0.456 e. The molecule has 0 fully saturated rings. The van der Waals surface area contributed by atoms with E-state index in [2.05, 4.69) is 26.6 Å². The standard InChI is InChI=1S/C22H25BrN2O4/c1-4-16-12-17(23)6-8-19(16)25-21(27)13-29-22(28)10-9-20(26)24-18-7-5-14(2)11-15(18)3/h5-8,11-12H,4,9-10,13H2,1-3H3,(H,24,26)(H,25,27). The number of carbonyl (C=O) groups excluding carboxylic acids is 3. The zero-order valence-electron chi connectivity index (χ0n) is 16.8. The Morgan fingerprint density at radius 2 is 1.62 bits per heavy atom. The summed E-state index contributed by atoms with van der Waals surface area (Å²) in [5.41, 5.74) is 4.44. The van der Waals surface area contributed by atoms with Crippen molar-refractivity contribution >= 4 is 45.1 Å². The van der Waals surface area contributed by atoms with Crippen LogP contribution in [0, 0.1) is 13.8 Å². The van der Waals surface area contributed by atoms with Crippen molar-refractivity contribution in [1.29, 1.82) is 0 Å². The first kappa shape index (κ1) is 22.6. The third-order valence-corrected chi connectivity index (χ3v) is 4.79. The highest BCUT2D eigenvalue weighted by atomic mass is 79.9. The average molecular weight is 461 g/mol. The van der Waals surface area contributed by atoms with Crippen LogP contribution in [0.4, 0.5) is 11.4 Å². The van der Waals surface area contributed by atoms with E-state index >= 15 is 0 Å². The van der Waals surface area contributed by atoms with Crippen LogP contribution in [0.2, 0.25) is 0 Å². The summed E-state index contributed by atoms with van der Waals surface area (Å²) in [5.74, 6) is -1.29. The third-order valence-electron chi connectivity index (χ3n) is 4.30. The maximum absolute atomic E-state index is 12.0. The molecule has 0 aliphatic heterocycles. The van der Waals surface area contributed by atoms with E-state index in [4.69, 9.17) is 4.74 Å². The Bertz CT molecular complexity index is 912. The van der Waals surface area contributed by atoms with Gasteiger partial charge in [0.05, 0.1) is 6.42 Å². The Morgan fingerprint density at radius 3 is 2.31 bits per heavy atom. The van der Waals surface area contributed by atoms with Gasteiger partial charge in [-0.25, -0.2) is 0 Å². The van der Waals surface area contributed by atoms with E-state index in [0.717, 1.165) is 33.3 Å². The van der Waals surface area contributed by atoms with Crippen molar-refractivity contribution in [3.8, 4) is 0 Å². The molecule has 0 aromatic heterocycles. The Kier molecular flexibility index (Phi) is 8.39. The van der Waals surface area contributed by atoms with Crippen molar-refractivity contribution in [3.63, 3.8) is 0 Å². The van der Waals surface area contributed by atoms with Crippen molar-refractivity contribution < 1.29 is 19.1 Å². The van der Waals surface area contributed by atoms with Gasteiger partial charge in [0.25, 0.3) is 5.91 Å². The highest BCUT2D eigenvalue weighted by Crippen LogP contribution is 2.21.